The molecule has 0 aliphatic heterocycles. The molecule has 1 nitrogen and oxygen atoms in total. The molecule has 0 bridgehead atoms. The van der Waals surface area contributed by atoms with Crippen molar-refractivity contribution in [1.82, 2.24) is 0 Å². The highest BCUT2D eigenvalue weighted by atomic mass is 16.1. The second-order valence-corrected chi connectivity index (χ2v) is 5.72. The van der Waals surface area contributed by atoms with Crippen LogP contribution in [-0.2, 0) is 4.79 Å². The molecule has 0 saturated heterocycles. The lowest BCUT2D eigenvalue weighted by Gasteiger charge is -2.00. The molecule has 0 unspecified atom stereocenters. The predicted molar refractivity (Wildman–Crippen MR) is 104 cm³/mol. The molecule has 0 aromatic heterocycles. The van der Waals surface area contributed by atoms with Crippen molar-refractivity contribution in [3.63, 3.8) is 0 Å². The average molecular weight is 315 g/mol. The number of rotatable bonds is 15. The van der Waals surface area contributed by atoms with E-state index in [2.05, 4.69) is 25.2 Å². The van der Waals surface area contributed by atoms with Gasteiger partial charge in [-0.1, -0.05) is 113 Å². The van der Waals surface area contributed by atoms with Crippen LogP contribution in [0.2, 0.25) is 0 Å². The van der Waals surface area contributed by atoms with Crippen LogP contribution in [0.5, 0.6) is 0 Å². The minimum absolute atomic E-state index is 0.770. The molecule has 0 N–H and O–H groups in total. The summed E-state index contributed by atoms with van der Waals surface area (Å²) in [6, 6.07) is 0. The Morgan fingerprint density at radius 3 is 1.48 bits per heavy atom. The largest absolute Gasteiger partial charge is 0.299 e. The number of unbranched alkanes of at least 4 members (excludes halogenated alkanes) is 9. The first-order valence-electron chi connectivity index (χ1n) is 9.18. The van der Waals surface area contributed by atoms with Gasteiger partial charge in [-0.2, -0.15) is 0 Å². The van der Waals surface area contributed by atoms with Crippen LogP contribution in [-0.4, -0.2) is 6.29 Å². The van der Waals surface area contributed by atoms with E-state index < -0.39 is 0 Å². The minimum atomic E-state index is 0.770. The monoisotopic (exact) mass is 314 g/mol. The van der Waals surface area contributed by atoms with Crippen molar-refractivity contribution in [2.75, 3.05) is 0 Å². The number of carbonyl (C=O) groups excluding carboxylic acids is 1. The van der Waals surface area contributed by atoms with Gasteiger partial charge in [0.15, 0.2) is 0 Å². The Hall–Kier alpha value is -1.63. The molecule has 0 aliphatic rings. The molecule has 0 aliphatic carbocycles. The highest BCUT2D eigenvalue weighted by molar-refractivity contribution is 5.65. The molecule has 0 aromatic carbocycles. The zero-order valence-corrected chi connectivity index (χ0v) is 14.8. The van der Waals surface area contributed by atoms with Gasteiger partial charge in [-0.05, 0) is 18.9 Å². The normalized spacial score (nSPS) is 12.7. The number of hydrogen-bond acceptors (Lipinski definition) is 1. The van der Waals surface area contributed by atoms with Gasteiger partial charge in [-0.25, -0.2) is 0 Å². The fourth-order valence-corrected chi connectivity index (χ4v) is 2.24. The lowest BCUT2D eigenvalue weighted by Crippen LogP contribution is -1.80. The van der Waals surface area contributed by atoms with Gasteiger partial charge >= 0.3 is 0 Å². The fourth-order valence-electron chi connectivity index (χ4n) is 2.24. The van der Waals surface area contributed by atoms with Crippen LogP contribution in [0.4, 0.5) is 0 Å². The average Bonchev–Trinajstić information content (AvgIpc) is 2.57. The predicted octanol–water partition coefficient (Wildman–Crippen LogP) is 6.89. The van der Waals surface area contributed by atoms with Gasteiger partial charge in [-0.3, -0.25) is 4.79 Å². The molecule has 0 amide bonds. The maximum Gasteiger partial charge on any atom is 0.142 e. The first-order chi connectivity index (χ1) is 11.4. The maximum absolute atomic E-state index is 10.0. The molecule has 0 atom stereocenters. The zero-order valence-electron chi connectivity index (χ0n) is 14.8. The molecule has 0 spiro atoms. The van der Waals surface area contributed by atoms with Gasteiger partial charge in [0.2, 0.25) is 0 Å². The van der Waals surface area contributed by atoms with Crippen molar-refractivity contribution < 1.29 is 4.79 Å². The zero-order chi connectivity index (χ0) is 16.8. The maximum atomic E-state index is 10.0. The van der Waals surface area contributed by atoms with E-state index in [0.29, 0.717) is 0 Å². The molecular weight excluding hydrogens is 280 g/mol. The number of allylic oxidation sites excluding steroid dienone is 10. The third kappa shape index (κ3) is 20.4. The standard InChI is InChI=1S/C22H34O/c1-2-3-4-5-6-7-8-9-10-11-12-13-14-15-16-17-18-19-20-21-22-23/h12-22H,2-11H2,1H3/b13-12+,15-14+,17-16+,19-18+,21-20+. The topological polar surface area (TPSA) is 17.1 Å². The Kier molecular flexibility index (Phi) is 18.9. The molecule has 0 radical (unpaired) electrons. The third-order valence-corrected chi connectivity index (χ3v) is 3.58. The molecular formula is C22H34O. The van der Waals surface area contributed by atoms with Crippen LogP contribution in [0.3, 0.4) is 0 Å². The summed E-state index contributed by atoms with van der Waals surface area (Å²) >= 11 is 0. The van der Waals surface area contributed by atoms with E-state index in [1.807, 2.05) is 30.4 Å². The van der Waals surface area contributed by atoms with E-state index in [4.69, 9.17) is 0 Å². The van der Waals surface area contributed by atoms with Crippen LogP contribution >= 0.6 is 0 Å². The summed E-state index contributed by atoms with van der Waals surface area (Å²) in [7, 11) is 0. The molecule has 0 fully saturated rings. The number of hydrogen-bond donors (Lipinski definition) is 0. The van der Waals surface area contributed by atoms with Gasteiger partial charge in [0, 0.05) is 0 Å². The van der Waals surface area contributed by atoms with Gasteiger partial charge < -0.3 is 0 Å². The Labute approximate surface area is 143 Å². The molecule has 1 heteroatoms. The number of aldehydes is 1. The summed E-state index contributed by atoms with van der Waals surface area (Å²) in [6.45, 7) is 2.27. The van der Waals surface area contributed by atoms with Gasteiger partial charge in [-0.15, -0.1) is 0 Å². The minimum Gasteiger partial charge on any atom is -0.299 e. The van der Waals surface area contributed by atoms with Gasteiger partial charge in [0.25, 0.3) is 0 Å². The van der Waals surface area contributed by atoms with E-state index in [9.17, 15) is 4.79 Å². The Bertz CT molecular complexity index is 383. The quantitative estimate of drug-likeness (QED) is 0.139. The van der Waals surface area contributed by atoms with Crippen LogP contribution in [0.15, 0.2) is 60.8 Å². The molecule has 0 rings (SSSR count). The lowest BCUT2D eigenvalue weighted by atomic mass is 10.1. The lowest BCUT2D eigenvalue weighted by molar-refractivity contribution is -0.104. The molecule has 23 heavy (non-hydrogen) atoms. The van der Waals surface area contributed by atoms with E-state index in [0.717, 1.165) is 6.29 Å². The molecule has 0 aromatic rings. The second kappa shape index (κ2) is 20.4. The van der Waals surface area contributed by atoms with Crippen molar-refractivity contribution in [1.29, 1.82) is 0 Å². The summed E-state index contributed by atoms with van der Waals surface area (Å²) in [4.78, 5) is 10.0. The first-order valence-corrected chi connectivity index (χ1v) is 9.18. The van der Waals surface area contributed by atoms with Crippen molar-refractivity contribution in [3.8, 4) is 0 Å². The van der Waals surface area contributed by atoms with Crippen molar-refractivity contribution in [2.45, 2.75) is 71.1 Å². The van der Waals surface area contributed by atoms with Crippen LogP contribution in [0.25, 0.3) is 0 Å². The van der Waals surface area contributed by atoms with Crippen LogP contribution in [0, 0.1) is 0 Å². The highest BCUT2D eigenvalue weighted by Gasteiger charge is 1.90. The van der Waals surface area contributed by atoms with Crippen molar-refractivity contribution in [2.24, 2.45) is 0 Å². The first kappa shape index (κ1) is 21.4. The highest BCUT2D eigenvalue weighted by Crippen LogP contribution is 2.10. The van der Waals surface area contributed by atoms with Gasteiger partial charge in [0.1, 0.15) is 6.29 Å². The van der Waals surface area contributed by atoms with Crippen molar-refractivity contribution in [3.05, 3.63) is 60.8 Å². The molecule has 0 heterocycles. The number of carbonyl (C=O) groups is 1. The Morgan fingerprint density at radius 2 is 0.957 bits per heavy atom. The summed E-state index contributed by atoms with van der Waals surface area (Å²) in [6.07, 6.45) is 33.7. The summed E-state index contributed by atoms with van der Waals surface area (Å²) in [5.41, 5.74) is 0. The summed E-state index contributed by atoms with van der Waals surface area (Å²) < 4.78 is 0. The summed E-state index contributed by atoms with van der Waals surface area (Å²) in [5.74, 6) is 0. The SMILES string of the molecule is CCCCCCCCCCC/C=C/C=C/C=C/C=C/C=C/C=O. The van der Waals surface area contributed by atoms with E-state index in [-0.39, 0.29) is 0 Å². The fraction of sp³-hybridized carbons (Fsp3) is 0.500. The second-order valence-electron chi connectivity index (χ2n) is 5.72. The Morgan fingerprint density at radius 1 is 0.522 bits per heavy atom. The van der Waals surface area contributed by atoms with Crippen molar-refractivity contribution >= 4 is 6.29 Å². The van der Waals surface area contributed by atoms with E-state index in [1.54, 1.807) is 6.08 Å². The van der Waals surface area contributed by atoms with E-state index in [1.165, 1.54) is 70.3 Å². The van der Waals surface area contributed by atoms with Crippen LogP contribution < -0.4 is 0 Å². The summed E-state index contributed by atoms with van der Waals surface area (Å²) in [5, 5.41) is 0. The molecule has 128 valence electrons. The smallest absolute Gasteiger partial charge is 0.142 e. The van der Waals surface area contributed by atoms with Crippen LogP contribution in [0.1, 0.15) is 71.1 Å². The molecule has 0 saturated carbocycles. The van der Waals surface area contributed by atoms with E-state index >= 15 is 0 Å². The van der Waals surface area contributed by atoms with Gasteiger partial charge in [0.05, 0.1) is 0 Å². The third-order valence-electron chi connectivity index (χ3n) is 3.58. The Balaban J connectivity index is 3.38.